The lowest BCUT2D eigenvalue weighted by Gasteiger charge is -2.11. The van der Waals surface area contributed by atoms with Crippen LogP contribution in [0.5, 0.6) is 5.75 Å². The summed E-state index contributed by atoms with van der Waals surface area (Å²) in [4.78, 5) is -0.910. The molecule has 3 nitrogen and oxygen atoms in total. The molecule has 1 aromatic carbocycles. The minimum Gasteiger partial charge on any atom is -0.507 e. The molecule has 1 aromatic rings. The van der Waals surface area contributed by atoms with Crippen LogP contribution in [0.2, 0.25) is 0 Å². The molecule has 2 N–H and O–H groups in total. The van der Waals surface area contributed by atoms with Crippen LogP contribution in [0.4, 0.5) is 13.2 Å². The second kappa shape index (κ2) is 3.16. The summed E-state index contributed by atoms with van der Waals surface area (Å²) >= 11 is 0. The fraction of sp³-hybridized carbons (Fsp3) is 0.143. The van der Waals surface area contributed by atoms with Crippen molar-refractivity contribution in [2.45, 2.75) is 10.4 Å². The number of nitrogens with one attached hydrogen (secondary N) is 1. The van der Waals surface area contributed by atoms with Gasteiger partial charge >= 0.3 is 5.51 Å². The molecule has 1 rings (SSSR count). The zero-order chi connectivity index (χ0) is 11.0. The SMILES string of the molecule is N=S(=O)(c1ccccc1O)C(F)(F)F. The Hall–Kier alpha value is -1.24. The molecular formula is C7H6F3NO2S. The summed E-state index contributed by atoms with van der Waals surface area (Å²) in [5.41, 5.74) is -5.17. The average Bonchev–Trinajstić information content (AvgIpc) is 2.02. The maximum absolute atomic E-state index is 12.1. The number of rotatable bonds is 1. The van der Waals surface area contributed by atoms with E-state index in [1.54, 1.807) is 0 Å². The highest BCUT2D eigenvalue weighted by Crippen LogP contribution is 2.35. The minimum atomic E-state index is -5.17. The van der Waals surface area contributed by atoms with Gasteiger partial charge in [0.2, 0.25) is 0 Å². The first-order valence-corrected chi connectivity index (χ1v) is 4.96. The molecule has 0 spiro atoms. The molecule has 1 unspecified atom stereocenters. The molecule has 0 aliphatic carbocycles. The number of hydrogen-bond acceptors (Lipinski definition) is 3. The van der Waals surface area contributed by atoms with Gasteiger partial charge < -0.3 is 5.11 Å². The van der Waals surface area contributed by atoms with Crippen molar-refractivity contribution in [1.82, 2.24) is 0 Å². The third-order valence-electron chi connectivity index (χ3n) is 1.50. The predicted molar refractivity (Wildman–Crippen MR) is 43.3 cm³/mol. The number of phenolic OH excluding ortho intramolecular Hbond substituents is 1. The van der Waals surface area contributed by atoms with Gasteiger partial charge in [-0.05, 0) is 12.1 Å². The number of halogens is 3. The van der Waals surface area contributed by atoms with Crippen LogP contribution < -0.4 is 0 Å². The molecule has 0 heterocycles. The standard InChI is InChI=1S/C7H6F3NO2S/c8-7(9,10)14(11,13)6-4-2-1-3-5(6)12/h1-4,11-12H. The van der Waals surface area contributed by atoms with Crippen molar-refractivity contribution in [3.8, 4) is 5.75 Å². The summed E-state index contributed by atoms with van der Waals surface area (Å²) < 4.78 is 54.1. The summed E-state index contributed by atoms with van der Waals surface area (Å²) in [5.74, 6) is -0.787. The van der Waals surface area contributed by atoms with Gasteiger partial charge in [0.1, 0.15) is 5.75 Å². The van der Waals surface area contributed by atoms with Crippen molar-refractivity contribution in [3.05, 3.63) is 24.3 Å². The Labute approximate surface area is 78.2 Å². The fourth-order valence-corrected chi connectivity index (χ4v) is 1.71. The predicted octanol–water partition coefficient (Wildman–Crippen LogP) is 2.32. The molecule has 0 fully saturated rings. The Morgan fingerprint density at radius 2 is 1.79 bits per heavy atom. The third-order valence-corrected chi connectivity index (χ3v) is 3.12. The molecule has 14 heavy (non-hydrogen) atoms. The van der Waals surface area contributed by atoms with E-state index in [1.807, 2.05) is 0 Å². The Balaban J connectivity index is 3.40. The van der Waals surface area contributed by atoms with Crippen molar-refractivity contribution in [1.29, 1.82) is 4.78 Å². The summed E-state index contributed by atoms with van der Waals surface area (Å²) in [6.45, 7) is 0. The van der Waals surface area contributed by atoms with E-state index in [9.17, 15) is 17.4 Å². The lowest BCUT2D eigenvalue weighted by molar-refractivity contribution is -0.0407. The summed E-state index contributed by atoms with van der Waals surface area (Å²) in [6.07, 6.45) is 0. The molecule has 0 bridgehead atoms. The van der Waals surface area contributed by atoms with E-state index in [1.165, 1.54) is 12.1 Å². The number of benzene rings is 1. The van der Waals surface area contributed by atoms with Crippen LogP contribution in [0.15, 0.2) is 29.2 Å². The average molecular weight is 225 g/mol. The highest BCUT2D eigenvalue weighted by Gasteiger charge is 2.44. The Kier molecular flexibility index (Phi) is 2.45. The van der Waals surface area contributed by atoms with Crippen LogP contribution in [-0.4, -0.2) is 14.8 Å². The molecule has 0 saturated carbocycles. The van der Waals surface area contributed by atoms with E-state index in [0.717, 1.165) is 12.1 Å². The monoisotopic (exact) mass is 225 g/mol. The van der Waals surface area contributed by atoms with Gasteiger partial charge in [0, 0.05) is 0 Å². The van der Waals surface area contributed by atoms with Crippen molar-refractivity contribution in [2.75, 3.05) is 0 Å². The van der Waals surface area contributed by atoms with E-state index in [2.05, 4.69) is 0 Å². The number of para-hydroxylation sites is 1. The summed E-state index contributed by atoms with van der Waals surface area (Å²) in [5, 5.41) is 9.01. The van der Waals surface area contributed by atoms with Crippen molar-refractivity contribution in [2.24, 2.45) is 0 Å². The lowest BCUT2D eigenvalue weighted by Crippen LogP contribution is -2.21. The van der Waals surface area contributed by atoms with Crippen molar-refractivity contribution in [3.63, 3.8) is 0 Å². The minimum absolute atomic E-state index is 0.787. The highest BCUT2D eigenvalue weighted by molar-refractivity contribution is 7.93. The maximum atomic E-state index is 12.1. The van der Waals surface area contributed by atoms with Gasteiger partial charge in [0.05, 0.1) is 4.90 Å². The Morgan fingerprint density at radius 1 is 1.29 bits per heavy atom. The number of aromatic hydroxyl groups is 1. The van der Waals surface area contributed by atoms with Crippen LogP contribution in [0, 0.1) is 4.78 Å². The highest BCUT2D eigenvalue weighted by atomic mass is 32.2. The maximum Gasteiger partial charge on any atom is 0.483 e. The molecule has 0 aliphatic heterocycles. The topological polar surface area (TPSA) is 61.2 Å². The second-order valence-corrected chi connectivity index (χ2v) is 4.48. The Bertz CT molecular complexity index is 438. The fourth-order valence-electron chi connectivity index (χ4n) is 0.825. The van der Waals surface area contributed by atoms with Crippen LogP contribution in [-0.2, 0) is 9.73 Å². The molecule has 0 aromatic heterocycles. The van der Waals surface area contributed by atoms with Crippen LogP contribution in [0.3, 0.4) is 0 Å². The van der Waals surface area contributed by atoms with E-state index in [0.29, 0.717) is 0 Å². The van der Waals surface area contributed by atoms with Gasteiger partial charge in [-0.1, -0.05) is 12.1 Å². The molecular weight excluding hydrogens is 219 g/mol. The summed E-state index contributed by atoms with van der Waals surface area (Å²) in [6, 6.07) is 4.23. The first kappa shape index (κ1) is 10.8. The van der Waals surface area contributed by atoms with Gasteiger partial charge in [-0.25, -0.2) is 8.99 Å². The molecule has 1 atom stereocenters. The molecule has 0 radical (unpaired) electrons. The van der Waals surface area contributed by atoms with Gasteiger partial charge in [-0.3, -0.25) is 0 Å². The number of phenols is 1. The number of hydrogen-bond donors (Lipinski definition) is 2. The van der Waals surface area contributed by atoms with Gasteiger partial charge in [-0.15, -0.1) is 0 Å². The largest absolute Gasteiger partial charge is 0.507 e. The van der Waals surface area contributed by atoms with E-state index >= 15 is 0 Å². The van der Waals surface area contributed by atoms with Crippen LogP contribution >= 0.6 is 0 Å². The lowest BCUT2D eigenvalue weighted by atomic mass is 10.3. The van der Waals surface area contributed by atoms with Gasteiger partial charge in [0.25, 0.3) is 0 Å². The first-order valence-electron chi connectivity index (χ1n) is 3.40. The zero-order valence-electron chi connectivity index (χ0n) is 6.71. The summed E-state index contributed by atoms with van der Waals surface area (Å²) in [7, 11) is -4.96. The molecule has 0 amide bonds. The van der Waals surface area contributed by atoms with Crippen molar-refractivity contribution >= 4 is 9.73 Å². The number of alkyl halides is 3. The molecule has 7 heteroatoms. The molecule has 78 valence electrons. The third kappa shape index (κ3) is 1.67. The normalized spacial score (nSPS) is 16.2. The van der Waals surface area contributed by atoms with E-state index in [-0.39, 0.29) is 0 Å². The molecule has 0 saturated heterocycles. The van der Waals surface area contributed by atoms with Crippen LogP contribution in [0.1, 0.15) is 0 Å². The first-order chi connectivity index (χ1) is 6.27. The Morgan fingerprint density at radius 3 is 2.21 bits per heavy atom. The van der Waals surface area contributed by atoms with E-state index in [4.69, 9.17) is 9.89 Å². The second-order valence-electron chi connectivity index (χ2n) is 2.47. The smallest absolute Gasteiger partial charge is 0.483 e. The van der Waals surface area contributed by atoms with Crippen LogP contribution in [0.25, 0.3) is 0 Å². The zero-order valence-corrected chi connectivity index (χ0v) is 7.52. The quantitative estimate of drug-likeness (QED) is 0.770. The van der Waals surface area contributed by atoms with E-state index < -0.39 is 25.9 Å². The van der Waals surface area contributed by atoms with Gasteiger partial charge in [-0.2, -0.15) is 13.2 Å². The molecule has 0 aliphatic rings. The van der Waals surface area contributed by atoms with Crippen molar-refractivity contribution < 1.29 is 22.5 Å². The van der Waals surface area contributed by atoms with Gasteiger partial charge in [0.15, 0.2) is 9.73 Å².